The highest BCUT2D eigenvalue weighted by Gasteiger charge is 2.39. The van der Waals surface area contributed by atoms with E-state index < -0.39 is 18.3 Å². The van der Waals surface area contributed by atoms with Crippen molar-refractivity contribution in [2.24, 2.45) is 5.92 Å². The summed E-state index contributed by atoms with van der Waals surface area (Å²) in [5.41, 5.74) is 2.61. The molecule has 24 heavy (non-hydrogen) atoms. The fourth-order valence-corrected chi connectivity index (χ4v) is 4.17. The normalized spacial score (nSPS) is 35.2. The van der Waals surface area contributed by atoms with E-state index in [0.29, 0.717) is 12.5 Å². The molecule has 5 atom stereocenters. The van der Waals surface area contributed by atoms with E-state index in [1.54, 1.807) is 0 Å². The van der Waals surface area contributed by atoms with Crippen LogP contribution in [0.1, 0.15) is 25.3 Å². The van der Waals surface area contributed by atoms with Gasteiger partial charge in [-0.25, -0.2) is 0 Å². The lowest BCUT2D eigenvalue weighted by Gasteiger charge is -2.45. The largest absolute Gasteiger partial charge is 0.389 e. The van der Waals surface area contributed by atoms with Crippen LogP contribution in [0.5, 0.6) is 0 Å². The van der Waals surface area contributed by atoms with Gasteiger partial charge in [0.1, 0.15) is 6.10 Å². The van der Waals surface area contributed by atoms with Crippen LogP contribution >= 0.6 is 0 Å². The number of benzene rings is 1. The number of aryl methyl sites for hydroxylation is 1. The Morgan fingerprint density at radius 2 is 1.83 bits per heavy atom. The topological polar surface area (TPSA) is 67.2 Å². The molecule has 0 aliphatic carbocycles. The van der Waals surface area contributed by atoms with Gasteiger partial charge in [0.15, 0.2) is 0 Å². The molecule has 1 aromatic carbocycles. The molecule has 0 saturated carbocycles. The first-order chi connectivity index (χ1) is 11.5. The molecular weight excluding hydrogens is 304 g/mol. The van der Waals surface area contributed by atoms with E-state index in [0.717, 1.165) is 26.1 Å². The molecule has 0 spiro atoms. The second-order valence-corrected chi connectivity index (χ2v) is 7.48. The van der Waals surface area contributed by atoms with Crippen molar-refractivity contribution in [1.29, 1.82) is 0 Å². The smallest absolute Gasteiger partial charge is 0.108 e. The number of para-hydroxylation sites is 1. The van der Waals surface area contributed by atoms with Crippen molar-refractivity contribution in [2.45, 2.75) is 51.0 Å². The molecule has 2 saturated heterocycles. The van der Waals surface area contributed by atoms with Gasteiger partial charge in [0.2, 0.25) is 0 Å². The molecule has 1 aromatic rings. The summed E-state index contributed by atoms with van der Waals surface area (Å²) in [6.07, 6.45) is -0.460. The molecule has 5 nitrogen and oxygen atoms in total. The third-order valence-corrected chi connectivity index (χ3v) is 5.70. The van der Waals surface area contributed by atoms with Crippen LogP contribution in [0.2, 0.25) is 0 Å². The minimum Gasteiger partial charge on any atom is -0.389 e. The molecule has 134 valence electrons. The van der Waals surface area contributed by atoms with Crippen molar-refractivity contribution >= 4 is 5.69 Å². The Bertz CT molecular complexity index is 553. The van der Waals surface area contributed by atoms with Gasteiger partial charge in [-0.3, -0.25) is 4.90 Å². The van der Waals surface area contributed by atoms with Gasteiger partial charge in [-0.15, -0.1) is 0 Å². The maximum Gasteiger partial charge on any atom is 0.108 e. The van der Waals surface area contributed by atoms with Gasteiger partial charge >= 0.3 is 0 Å². The van der Waals surface area contributed by atoms with Crippen LogP contribution < -0.4 is 4.90 Å². The van der Waals surface area contributed by atoms with Crippen molar-refractivity contribution in [3.8, 4) is 0 Å². The highest BCUT2D eigenvalue weighted by Crippen LogP contribution is 2.28. The third kappa shape index (κ3) is 3.59. The van der Waals surface area contributed by atoms with E-state index in [4.69, 9.17) is 0 Å². The van der Waals surface area contributed by atoms with Crippen molar-refractivity contribution in [3.63, 3.8) is 0 Å². The van der Waals surface area contributed by atoms with Gasteiger partial charge in [-0.1, -0.05) is 18.2 Å². The molecule has 0 amide bonds. The molecule has 0 aromatic heterocycles. The fourth-order valence-electron chi connectivity index (χ4n) is 4.17. The Balaban J connectivity index is 1.64. The maximum absolute atomic E-state index is 10.1. The first-order valence-corrected chi connectivity index (χ1v) is 9.06. The highest BCUT2D eigenvalue weighted by atomic mass is 16.4. The quantitative estimate of drug-likeness (QED) is 0.769. The second kappa shape index (κ2) is 7.40. The Morgan fingerprint density at radius 1 is 1.08 bits per heavy atom. The van der Waals surface area contributed by atoms with Crippen molar-refractivity contribution in [3.05, 3.63) is 29.8 Å². The van der Waals surface area contributed by atoms with Crippen molar-refractivity contribution in [1.82, 2.24) is 4.90 Å². The zero-order chi connectivity index (χ0) is 17.3. The Kier molecular flexibility index (Phi) is 5.45. The van der Waals surface area contributed by atoms with Crippen molar-refractivity contribution in [2.75, 3.05) is 31.1 Å². The zero-order valence-electron chi connectivity index (χ0n) is 14.7. The Labute approximate surface area is 144 Å². The molecule has 0 bridgehead atoms. The van der Waals surface area contributed by atoms with Crippen LogP contribution in [-0.4, -0.2) is 70.8 Å². The summed E-state index contributed by atoms with van der Waals surface area (Å²) >= 11 is 0. The number of anilines is 1. The molecule has 3 N–H and O–H groups in total. The van der Waals surface area contributed by atoms with Gasteiger partial charge in [0.05, 0.1) is 12.2 Å². The van der Waals surface area contributed by atoms with Crippen LogP contribution in [0.25, 0.3) is 0 Å². The Hall–Kier alpha value is -1.14. The first-order valence-electron chi connectivity index (χ1n) is 9.06. The molecule has 3 rings (SSSR count). The van der Waals surface area contributed by atoms with Crippen LogP contribution in [0.4, 0.5) is 5.69 Å². The summed E-state index contributed by atoms with van der Waals surface area (Å²) in [5, 5.41) is 29.9. The number of aliphatic hydroxyl groups is 3. The standard InChI is InChI=1S/C19H30N2O3/c1-13-6-3-4-8-16(13)20-9-5-7-15(10-20)11-21-12-17(22)19(24)18(23)14(21)2/h3-4,6,8,14-15,17-19,22-24H,5,7,9-12H2,1-2H3/t14-,15?,17+,18-,19-/m1/s1. The lowest BCUT2D eigenvalue weighted by Crippen LogP contribution is -2.61. The van der Waals surface area contributed by atoms with E-state index in [-0.39, 0.29) is 6.04 Å². The van der Waals surface area contributed by atoms with Crippen molar-refractivity contribution < 1.29 is 15.3 Å². The summed E-state index contributed by atoms with van der Waals surface area (Å²) in [4.78, 5) is 4.59. The number of hydrogen-bond acceptors (Lipinski definition) is 5. The van der Waals surface area contributed by atoms with E-state index in [9.17, 15) is 15.3 Å². The third-order valence-electron chi connectivity index (χ3n) is 5.70. The number of likely N-dealkylation sites (tertiary alicyclic amines) is 1. The zero-order valence-corrected chi connectivity index (χ0v) is 14.7. The minimum atomic E-state index is -1.04. The van der Waals surface area contributed by atoms with Crippen LogP contribution in [0.3, 0.4) is 0 Å². The SMILES string of the molecule is Cc1ccccc1N1CCCC(CN2C[C@H](O)[C@@H](O)[C@H](O)[C@H]2C)C1. The number of aliphatic hydroxyl groups excluding tert-OH is 3. The molecule has 0 radical (unpaired) electrons. The average molecular weight is 334 g/mol. The summed E-state index contributed by atoms with van der Waals surface area (Å²) in [7, 11) is 0. The van der Waals surface area contributed by atoms with E-state index >= 15 is 0 Å². The predicted octanol–water partition coefficient (Wildman–Crippen LogP) is 0.998. The summed E-state index contributed by atoms with van der Waals surface area (Å²) in [6.45, 7) is 7.45. The molecule has 2 heterocycles. The number of β-amino-alcohol motifs (C(OH)–C–C–N with tert-alkyl or cyclic N) is 1. The van der Waals surface area contributed by atoms with Crippen LogP contribution in [0, 0.1) is 12.8 Å². The van der Waals surface area contributed by atoms with Gasteiger partial charge in [0.25, 0.3) is 0 Å². The van der Waals surface area contributed by atoms with Gasteiger partial charge in [-0.05, 0) is 44.2 Å². The monoisotopic (exact) mass is 334 g/mol. The van der Waals surface area contributed by atoms with E-state index in [1.807, 2.05) is 6.92 Å². The lowest BCUT2D eigenvalue weighted by atomic mass is 9.91. The van der Waals surface area contributed by atoms with E-state index in [2.05, 4.69) is 41.0 Å². The summed E-state index contributed by atoms with van der Waals surface area (Å²) in [6, 6.07) is 8.37. The van der Waals surface area contributed by atoms with E-state index in [1.165, 1.54) is 17.7 Å². The molecule has 2 fully saturated rings. The molecule has 5 heteroatoms. The summed E-state index contributed by atoms with van der Waals surface area (Å²) < 4.78 is 0. The number of hydrogen-bond donors (Lipinski definition) is 3. The predicted molar refractivity (Wildman–Crippen MR) is 95.2 cm³/mol. The first kappa shape index (κ1) is 17.7. The number of nitrogens with zero attached hydrogens (tertiary/aromatic N) is 2. The second-order valence-electron chi connectivity index (χ2n) is 7.48. The average Bonchev–Trinajstić information content (AvgIpc) is 2.58. The van der Waals surface area contributed by atoms with Gasteiger partial charge < -0.3 is 20.2 Å². The van der Waals surface area contributed by atoms with Gasteiger partial charge in [-0.2, -0.15) is 0 Å². The fraction of sp³-hybridized carbons (Fsp3) is 0.684. The van der Waals surface area contributed by atoms with Crippen LogP contribution in [-0.2, 0) is 0 Å². The Morgan fingerprint density at radius 3 is 2.58 bits per heavy atom. The highest BCUT2D eigenvalue weighted by molar-refractivity contribution is 5.53. The molecule has 2 aliphatic rings. The lowest BCUT2D eigenvalue weighted by molar-refractivity contribution is -0.135. The number of piperidine rings is 2. The van der Waals surface area contributed by atoms with Crippen LogP contribution in [0.15, 0.2) is 24.3 Å². The minimum absolute atomic E-state index is 0.128. The molecule has 1 unspecified atom stereocenters. The van der Waals surface area contributed by atoms with Gasteiger partial charge in [0, 0.05) is 37.9 Å². The number of rotatable bonds is 3. The summed E-state index contributed by atoms with van der Waals surface area (Å²) in [5.74, 6) is 0.510. The molecular formula is C19H30N2O3. The molecule has 2 aliphatic heterocycles. The maximum atomic E-state index is 10.1.